The summed E-state index contributed by atoms with van der Waals surface area (Å²) in [4.78, 5) is 36.1. The smallest absolute Gasteiger partial charge is 0.280 e. The molecule has 20 heteroatoms. The minimum absolute atomic E-state index is 0.0762. The second-order valence-electron chi connectivity index (χ2n) is 10.5. The van der Waals surface area contributed by atoms with Gasteiger partial charge in [-0.3, -0.25) is 18.9 Å². The van der Waals surface area contributed by atoms with Gasteiger partial charge >= 0.3 is 0 Å². The third-order valence-corrected chi connectivity index (χ3v) is 8.46. The van der Waals surface area contributed by atoms with Crippen molar-refractivity contribution in [3.8, 4) is 0 Å². The Morgan fingerprint density at radius 1 is 0.907 bits per heavy atom. The Balaban J connectivity index is 1.16. The van der Waals surface area contributed by atoms with E-state index >= 15 is 0 Å². The van der Waals surface area contributed by atoms with Crippen LogP contribution in [0.25, 0.3) is 22.3 Å². The largest absolute Gasteiger partial charge is 0.388 e. The molecule has 7 heterocycles. The first-order valence-electron chi connectivity index (χ1n) is 13.4. The number of hydrogen-bond acceptors (Lipinski definition) is 14. The van der Waals surface area contributed by atoms with Gasteiger partial charge in [-0.15, -0.1) is 0 Å². The van der Waals surface area contributed by atoms with Crippen LogP contribution in [0.4, 0.5) is 11.8 Å². The Bertz CT molecular complexity index is 1790. The maximum atomic E-state index is 12.4. The van der Waals surface area contributed by atoms with Crippen molar-refractivity contribution in [1.29, 1.82) is 0 Å². The molecule has 4 aromatic rings. The number of rotatable bonds is 2. The number of nitrogens with zero attached hydrogens (tertiary/aromatic N) is 7. The predicted molar refractivity (Wildman–Crippen MR) is 158 cm³/mol. The van der Waals surface area contributed by atoms with Gasteiger partial charge in [0.2, 0.25) is 5.95 Å². The Morgan fingerprint density at radius 3 is 2.47 bits per heavy atom. The normalized spacial score (nSPS) is 31.5. The number of aromatic amines is 1. The molecule has 3 fully saturated rings. The number of thiocarbonyl (C=S) groups is 2. The van der Waals surface area contributed by atoms with Gasteiger partial charge in [-0.2, -0.15) is 4.98 Å². The Kier molecular flexibility index (Phi) is 6.82. The van der Waals surface area contributed by atoms with Crippen molar-refractivity contribution in [3.63, 3.8) is 0 Å². The molecule has 3 saturated heterocycles. The molecule has 4 aromatic heterocycles. The van der Waals surface area contributed by atoms with Gasteiger partial charge in [0.15, 0.2) is 40.2 Å². The maximum absolute atomic E-state index is 12.4. The molecule has 3 aliphatic rings. The molecule has 2 bridgehead atoms. The Morgan fingerprint density at radius 2 is 1.65 bits per heavy atom. The number of hydrogen-bond donors (Lipinski definition) is 8. The highest BCUT2D eigenvalue weighted by Gasteiger charge is 2.48. The first-order valence-corrected chi connectivity index (χ1v) is 14.2. The van der Waals surface area contributed by atoms with Gasteiger partial charge in [-0.1, -0.05) is 12.2 Å². The number of aliphatic hydroxyl groups is 2. The SMILES string of the molecule is Nc1nc2c(ncn2[C@@H]2O[C@@H]3CCC(=S)NC4[C@@H](CNC(=S)N[C@H]2C3O)O[C@@H](n2cnc3c(N)ncnc32)[C@H]4O)c(=O)[nH]1. The Labute approximate surface area is 252 Å². The van der Waals surface area contributed by atoms with Gasteiger partial charge in [-0.25, -0.2) is 19.9 Å². The first kappa shape index (κ1) is 27.7. The molecule has 226 valence electrons. The lowest BCUT2D eigenvalue weighted by Crippen LogP contribution is -2.53. The van der Waals surface area contributed by atoms with E-state index in [0.717, 1.165) is 0 Å². The monoisotopic (exact) mass is 629 g/mol. The molecule has 43 heavy (non-hydrogen) atoms. The summed E-state index contributed by atoms with van der Waals surface area (Å²) >= 11 is 11.2. The fraction of sp³-hybridized carbons (Fsp3) is 0.478. The number of H-pyrrole nitrogens is 1. The quantitative estimate of drug-likeness (QED) is 0.107. The topological polar surface area (TPSA) is 254 Å². The fourth-order valence-corrected chi connectivity index (χ4v) is 6.29. The van der Waals surface area contributed by atoms with Crippen LogP contribution in [0.1, 0.15) is 25.3 Å². The van der Waals surface area contributed by atoms with Crippen LogP contribution in [-0.4, -0.2) is 102 Å². The molecule has 0 radical (unpaired) electrons. The van der Waals surface area contributed by atoms with Crippen molar-refractivity contribution >= 4 is 68.6 Å². The summed E-state index contributed by atoms with van der Waals surface area (Å²) in [7, 11) is 0. The summed E-state index contributed by atoms with van der Waals surface area (Å²) in [5.41, 5.74) is 12.3. The van der Waals surface area contributed by atoms with Gasteiger partial charge < -0.3 is 47.1 Å². The zero-order valence-electron chi connectivity index (χ0n) is 22.2. The Hall–Kier alpha value is -4.08. The minimum atomic E-state index is -1.05. The van der Waals surface area contributed by atoms with E-state index < -0.39 is 54.5 Å². The average molecular weight is 630 g/mol. The number of aliphatic hydroxyl groups excluding tert-OH is 2. The van der Waals surface area contributed by atoms with Gasteiger partial charge in [0.1, 0.15) is 36.2 Å². The van der Waals surface area contributed by atoms with E-state index in [2.05, 4.69) is 45.9 Å². The number of ether oxygens (including phenoxy) is 2. The third kappa shape index (κ3) is 4.71. The molecule has 0 aromatic carbocycles. The number of nitrogen functional groups attached to an aromatic ring is 2. The number of nitrogens with two attached hydrogens (primary N) is 2. The summed E-state index contributed by atoms with van der Waals surface area (Å²) < 4.78 is 15.7. The highest BCUT2D eigenvalue weighted by atomic mass is 32.1. The van der Waals surface area contributed by atoms with Crippen molar-refractivity contribution < 1.29 is 19.7 Å². The van der Waals surface area contributed by atoms with Crippen molar-refractivity contribution in [2.24, 2.45) is 0 Å². The van der Waals surface area contributed by atoms with Crippen LogP contribution in [-0.2, 0) is 9.47 Å². The number of fused-ring (bicyclic) bond motifs is 5. The van der Waals surface area contributed by atoms with Gasteiger partial charge in [0.25, 0.3) is 5.56 Å². The molecule has 0 spiro atoms. The molecule has 10 N–H and O–H groups in total. The second-order valence-corrected chi connectivity index (χ2v) is 11.4. The molecule has 18 nitrogen and oxygen atoms in total. The van der Waals surface area contributed by atoms with E-state index in [0.29, 0.717) is 29.0 Å². The summed E-state index contributed by atoms with van der Waals surface area (Å²) in [5, 5.41) is 32.3. The molecule has 3 aliphatic heterocycles. The van der Waals surface area contributed by atoms with Gasteiger partial charge in [0.05, 0.1) is 29.8 Å². The third-order valence-electron chi connectivity index (χ3n) is 7.88. The lowest BCUT2D eigenvalue weighted by atomic mass is 10.0. The van der Waals surface area contributed by atoms with Crippen LogP contribution in [0.2, 0.25) is 0 Å². The molecular formula is C23H27N13O5S2. The van der Waals surface area contributed by atoms with Crippen LogP contribution in [0, 0.1) is 0 Å². The summed E-state index contributed by atoms with van der Waals surface area (Å²) in [6.45, 7) is 0.169. The molecule has 0 amide bonds. The molecular weight excluding hydrogens is 602 g/mol. The molecule has 0 saturated carbocycles. The summed E-state index contributed by atoms with van der Waals surface area (Å²) in [5.74, 6) is 0.129. The number of imidazole rings is 2. The van der Waals surface area contributed by atoms with E-state index in [1.54, 1.807) is 4.57 Å². The summed E-state index contributed by atoms with van der Waals surface area (Å²) in [6.07, 6.45) is -0.137. The van der Waals surface area contributed by atoms with Crippen LogP contribution >= 0.6 is 24.4 Å². The number of anilines is 2. The molecule has 7 rings (SSSR count). The predicted octanol–water partition coefficient (Wildman–Crippen LogP) is -2.45. The molecule has 2 unspecified atom stereocenters. The highest BCUT2D eigenvalue weighted by molar-refractivity contribution is 7.80. The van der Waals surface area contributed by atoms with E-state index in [9.17, 15) is 15.0 Å². The zero-order valence-corrected chi connectivity index (χ0v) is 23.8. The molecule has 8 atom stereocenters. The molecule has 0 aliphatic carbocycles. The fourth-order valence-electron chi connectivity index (χ4n) is 5.82. The van der Waals surface area contributed by atoms with Gasteiger partial charge in [0, 0.05) is 13.0 Å². The average Bonchev–Trinajstić information content (AvgIpc) is 3.72. The van der Waals surface area contributed by atoms with Crippen molar-refractivity contribution in [1.82, 2.24) is 55.0 Å². The standard InChI is InChI=1S/C23H27N13O5S2/c24-16-12-17(28-4-27-16)35(5-29-12)21-15(38)10-8(41-21)3-26-23(43)32-11-14(37)7(1-2-9(42)31-10)40-20(11)36-6-30-13-18(36)33-22(25)34-19(13)39/h4-8,10-11,14-15,20-21,37-38H,1-3H2,(H,31,42)(H2,24,27,28)(H2,26,32,43)(H3,25,33,34,39)/t7-,8-,10?,11+,14?,15+,20-,21-/m1/s1. The lowest BCUT2D eigenvalue weighted by molar-refractivity contribution is -0.0332. The minimum Gasteiger partial charge on any atom is -0.388 e. The first-order chi connectivity index (χ1) is 20.7. The van der Waals surface area contributed by atoms with E-state index in [1.807, 2.05) is 0 Å². The van der Waals surface area contributed by atoms with Gasteiger partial charge in [-0.05, 0) is 18.6 Å². The van der Waals surface area contributed by atoms with Crippen molar-refractivity contribution in [2.45, 2.75) is 61.8 Å². The van der Waals surface area contributed by atoms with Crippen LogP contribution in [0.3, 0.4) is 0 Å². The zero-order chi connectivity index (χ0) is 30.0. The number of aromatic nitrogens is 8. The summed E-state index contributed by atoms with van der Waals surface area (Å²) in [6, 6.07) is -1.37. The van der Waals surface area contributed by atoms with Crippen LogP contribution in [0.15, 0.2) is 23.8 Å². The lowest BCUT2D eigenvalue weighted by Gasteiger charge is -2.26. The van der Waals surface area contributed by atoms with Crippen molar-refractivity contribution in [3.05, 3.63) is 29.3 Å². The second kappa shape index (κ2) is 10.6. The van der Waals surface area contributed by atoms with Crippen LogP contribution < -0.4 is 33.0 Å². The van der Waals surface area contributed by atoms with E-state index in [4.69, 9.17) is 45.4 Å². The van der Waals surface area contributed by atoms with Crippen LogP contribution in [0.5, 0.6) is 0 Å². The van der Waals surface area contributed by atoms with Crippen molar-refractivity contribution in [2.75, 3.05) is 18.0 Å². The maximum Gasteiger partial charge on any atom is 0.280 e. The van der Waals surface area contributed by atoms with E-state index in [-0.39, 0.29) is 34.6 Å². The van der Waals surface area contributed by atoms with E-state index in [1.165, 1.54) is 23.5 Å². The number of nitrogens with one attached hydrogen (secondary N) is 4. The highest BCUT2D eigenvalue weighted by Crippen LogP contribution is 2.35.